The average molecular weight is 631 g/mol. The molecule has 3 aromatic carbocycles. The third kappa shape index (κ3) is 5.95. The standard InChI is InChI=1S/C34H33Cl2N5O3/c1-24-18-33(38-32-5-3-2-4-29(24)32)41-16-14-40(15-17-41)26-7-9-27(10-8-26)42-20-28-21-43-34(44-28,22-39-13-12-37-23-39)30-11-6-25(35)19-31(30)36/h2-13,18-19,23,28H,14-17,20-22H2,1H3/t28-,34-/m1/s1. The Bertz CT molecular complexity index is 1740. The van der Waals surface area contributed by atoms with Crippen molar-refractivity contribution in [1.82, 2.24) is 14.5 Å². The van der Waals surface area contributed by atoms with Crippen molar-refractivity contribution in [3.8, 4) is 5.75 Å². The Morgan fingerprint density at radius 3 is 2.52 bits per heavy atom. The van der Waals surface area contributed by atoms with Gasteiger partial charge in [-0.3, -0.25) is 0 Å². The van der Waals surface area contributed by atoms with Crippen molar-refractivity contribution in [3.05, 3.63) is 113 Å². The molecule has 44 heavy (non-hydrogen) atoms. The quantitative estimate of drug-likeness (QED) is 0.189. The number of pyridine rings is 1. The third-order valence-electron chi connectivity index (χ3n) is 8.30. The number of rotatable bonds is 8. The second-order valence-corrected chi connectivity index (χ2v) is 12.1. The second kappa shape index (κ2) is 12.3. The summed E-state index contributed by atoms with van der Waals surface area (Å²) >= 11 is 12.8. The number of aromatic nitrogens is 3. The lowest BCUT2D eigenvalue weighted by Crippen LogP contribution is -2.46. The number of fused-ring (bicyclic) bond motifs is 1. The normalized spacial score (nSPS) is 20.4. The molecule has 2 fully saturated rings. The number of hydrogen-bond acceptors (Lipinski definition) is 7. The molecular formula is C34H33Cl2N5O3. The molecule has 2 aliphatic heterocycles. The Morgan fingerprint density at radius 1 is 0.955 bits per heavy atom. The SMILES string of the molecule is Cc1cc(N2CCN(c3ccc(OC[C@@H]4CO[C@@](Cn5ccnc5)(c5ccc(Cl)cc5Cl)O4)cc3)CC2)nc2ccccc12. The van der Waals surface area contributed by atoms with E-state index in [9.17, 15) is 0 Å². The number of imidazole rings is 1. The monoisotopic (exact) mass is 629 g/mol. The smallest absolute Gasteiger partial charge is 0.215 e. The Kier molecular flexibility index (Phi) is 8.08. The molecule has 226 valence electrons. The fourth-order valence-electron chi connectivity index (χ4n) is 6.01. The summed E-state index contributed by atoms with van der Waals surface area (Å²) in [4.78, 5) is 13.9. The molecule has 4 heterocycles. The summed E-state index contributed by atoms with van der Waals surface area (Å²) in [6.07, 6.45) is 5.03. The van der Waals surface area contributed by atoms with E-state index in [0.29, 0.717) is 29.8 Å². The molecule has 0 N–H and O–H groups in total. The summed E-state index contributed by atoms with van der Waals surface area (Å²) < 4.78 is 20.9. The topological polar surface area (TPSA) is 64.9 Å². The number of halogens is 2. The van der Waals surface area contributed by atoms with Crippen LogP contribution in [0.15, 0.2) is 91.5 Å². The number of aryl methyl sites for hydroxylation is 1. The van der Waals surface area contributed by atoms with Crippen LogP contribution in [0.1, 0.15) is 11.1 Å². The van der Waals surface area contributed by atoms with Crippen LogP contribution in [0.3, 0.4) is 0 Å². The van der Waals surface area contributed by atoms with E-state index in [-0.39, 0.29) is 6.10 Å². The highest BCUT2D eigenvalue weighted by atomic mass is 35.5. The average Bonchev–Trinajstić information content (AvgIpc) is 3.71. The Hall–Kier alpha value is -3.82. The van der Waals surface area contributed by atoms with Crippen LogP contribution in [0.25, 0.3) is 10.9 Å². The number of benzene rings is 3. The van der Waals surface area contributed by atoms with Gasteiger partial charge in [-0.15, -0.1) is 0 Å². The molecule has 0 amide bonds. The Labute approximate surface area is 266 Å². The zero-order valence-corrected chi connectivity index (χ0v) is 25.9. The molecule has 0 saturated carbocycles. The van der Waals surface area contributed by atoms with Crippen LogP contribution in [0.2, 0.25) is 10.0 Å². The molecule has 2 aromatic heterocycles. The van der Waals surface area contributed by atoms with Gasteiger partial charge in [-0.05, 0) is 61.0 Å². The van der Waals surface area contributed by atoms with Crippen molar-refractivity contribution in [2.24, 2.45) is 0 Å². The molecule has 0 bridgehead atoms. The number of anilines is 2. The van der Waals surface area contributed by atoms with E-state index in [2.05, 4.69) is 58.1 Å². The van der Waals surface area contributed by atoms with E-state index in [0.717, 1.165) is 48.8 Å². The summed E-state index contributed by atoms with van der Waals surface area (Å²) in [5.41, 5.74) is 4.20. The largest absolute Gasteiger partial charge is 0.491 e. The van der Waals surface area contributed by atoms with Crippen molar-refractivity contribution in [1.29, 1.82) is 0 Å². The van der Waals surface area contributed by atoms with Crippen molar-refractivity contribution in [2.75, 3.05) is 49.2 Å². The maximum absolute atomic E-state index is 6.59. The van der Waals surface area contributed by atoms with Crippen molar-refractivity contribution in [3.63, 3.8) is 0 Å². The summed E-state index contributed by atoms with van der Waals surface area (Å²) in [6.45, 7) is 6.94. The lowest BCUT2D eigenvalue weighted by molar-refractivity contribution is -0.189. The van der Waals surface area contributed by atoms with E-state index in [1.807, 2.05) is 35.0 Å². The summed E-state index contributed by atoms with van der Waals surface area (Å²) in [5.74, 6) is 0.752. The van der Waals surface area contributed by atoms with Crippen molar-refractivity contribution in [2.45, 2.75) is 25.4 Å². The van der Waals surface area contributed by atoms with Gasteiger partial charge in [0.2, 0.25) is 5.79 Å². The van der Waals surface area contributed by atoms with Crippen LogP contribution in [0.4, 0.5) is 11.5 Å². The van der Waals surface area contributed by atoms with Gasteiger partial charge in [0, 0.05) is 60.2 Å². The van der Waals surface area contributed by atoms with Gasteiger partial charge >= 0.3 is 0 Å². The first-order valence-corrected chi connectivity index (χ1v) is 15.5. The first kappa shape index (κ1) is 28.9. The Morgan fingerprint density at radius 2 is 1.75 bits per heavy atom. The highest BCUT2D eigenvalue weighted by Crippen LogP contribution is 2.40. The molecule has 2 aliphatic rings. The minimum absolute atomic E-state index is 0.287. The molecule has 0 unspecified atom stereocenters. The highest BCUT2D eigenvalue weighted by Gasteiger charge is 2.45. The minimum Gasteiger partial charge on any atom is -0.491 e. The zero-order chi connectivity index (χ0) is 30.1. The number of ether oxygens (including phenoxy) is 3. The van der Waals surface area contributed by atoms with E-state index >= 15 is 0 Å². The van der Waals surface area contributed by atoms with E-state index in [1.165, 1.54) is 16.6 Å². The summed E-state index contributed by atoms with van der Waals surface area (Å²) in [7, 11) is 0. The number of para-hydroxylation sites is 1. The molecule has 2 atom stereocenters. The number of piperazine rings is 1. The molecule has 0 radical (unpaired) electrons. The minimum atomic E-state index is -1.08. The summed E-state index contributed by atoms with van der Waals surface area (Å²) in [6, 6.07) is 24.1. The molecular weight excluding hydrogens is 597 g/mol. The van der Waals surface area contributed by atoms with Gasteiger partial charge in [-0.25, -0.2) is 9.97 Å². The predicted octanol–water partition coefficient (Wildman–Crippen LogP) is 6.72. The second-order valence-electron chi connectivity index (χ2n) is 11.3. The lowest BCUT2D eigenvalue weighted by atomic mass is 10.1. The van der Waals surface area contributed by atoms with Crippen LogP contribution in [-0.4, -0.2) is 60.0 Å². The van der Waals surface area contributed by atoms with Crippen molar-refractivity contribution >= 4 is 45.6 Å². The molecule has 5 aromatic rings. The van der Waals surface area contributed by atoms with Crippen LogP contribution in [-0.2, 0) is 21.8 Å². The first-order chi connectivity index (χ1) is 21.5. The fraction of sp³-hybridized carbons (Fsp3) is 0.294. The number of nitrogens with zero attached hydrogens (tertiary/aromatic N) is 5. The molecule has 10 heteroatoms. The maximum Gasteiger partial charge on any atom is 0.215 e. The van der Waals surface area contributed by atoms with Gasteiger partial charge in [0.1, 0.15) is 24.3 Å². The summed E-state index contributed by atoms with van der Waals surface area (Å²) in [5, 5.41) is 2.25. The number of hydrogen-bond donors (Lipinski definition) is 0. The molecule has 8 nitrogen and oxygen atoms in total. The van der Waals surface area contributed by atoms with Gasteiger partial charge < -0.3 is 28.6 Å². The van der Waals surface area contributed by atoms with Gasteiger partial charge in [0.25, 0.3) is 0 Å². The predicted molar refractivity (Wildman–Crippen MR) is 174 cm³/mol. The van der Waals surface area contributed by atoms with Crippen LogP contribution in [0, 0.1) is 6.92 Å². The van der Waals surface area contributed by atoms with Gasteiger partial charge in [0.05, 0.1) is 30.0 Å². The highest BCUT2D eigenvalue weighted by molar-refractivity contribution is 6.35. The van der Waals surface area contributed by atoms with E-state index in [4.69, 9.17) is 42.4 Å². The van der Waals surface area contributed by atoms with Gasteiger partial charge in [-0.1, -0.05) is 47.5 Å². The molecule has 0 spiro atoms. The molecule has 2 saturated heterocycles. The van der Waals surface area contributed by atoms with Crippen LogP contribution >= 0.6 is 23.2 Å². The van der Waals surface area contributed by atoms with Crippen molar-refractivity contribution < 1.29 is 14.2 Å². The molecule has 0 aliphatic carbocycles. The Balaban J connectivity index is 0.961. The maximum atomic E-state index is 6.59. The fourth-order valence-corrected chi connectivity index (χ4v) is 6.56. The van der Waals surface area contributed by atoms with E-state index in [1.54, 1.807) is 24.7 Å². The van der Waals surface area contributed by atoms with Gasteiger partial charge in [0.15, 0.2) is 0 Å². The van der Waals surface area contributed by atoms with Crippen LogP contribution in [0.5, 0.6) is 5.75 Å². The van der Waals surface area contributed by atoms with Crippen LogP contribution < -0.4 is 14.5 Å². The zero-order valence-electron chi connectivity index (χ0n) is 24.4. The lowest BCUT2D eigenvalue weighted by Gasteiger charge is -2.37. The van der Waals surface area contributed by atoms with Gasteiger partial charge in [-0.2, -0.15) is 0 Å². The third-order valence-corrected chi connectivity index (χ3v) is 8.85. The van der Waals surface area contributed by atoms with E-state index < -0.39 is 5.79 Å². The molecule has 7 rings (SSSR count). The first-order valence-electron chi connectivity index (χ1n) is 14.8.